The van der Waals surface area contributed by atoms with Gasteiger partial charge >= 0.3 is 0 Å². The summed E-state index contributed by atoms with van der Waals surface area (Å²) in [6.45, 7) is 3.66. The first kappa shape index (κ1) is 17.9. The number of sulfonamides is 1. The molecule has 0 saturated heterocycles. The van der Waals surface area contributed by atoms with Crippen LogP contribution in [0.15, 0.2) is 36.5 Å². The lowest BCUT2D eigenvalue weighted by Gasteiger charge is -2.09. The summed E-state index contributed by atoms with van der Waals surface area (Å²) in [6.07, 6.45) is 2.03. The number of nitrogens with zero attached hydrogens (tertiary/aromatic N) is 2. The van der Waals surface area contributed by atoms with E-state index in [1.54, 1.807) is 31.2 Å². The standard InChI is InChI=1S/C17H19N5O3S/c1-3-7-26(24,25)22-13-6-4-5-12(8-13)17(23)19-14-9-15-11(2)20-21-16(15)18-10-14/h4-6,8-10,22H,3,7H2,1-2H3,(H,19,23)(H,18,20,21). The predicted molar refractivity (Wildman–Crippen MR) is 101 cm³/mol. The molecule has 0 aliphatic carbocycles. The van der Waals surface area contributed by atoms with Crippen molar-refractivity contribution in [1.29, 1.82) is 0 Å². The van der Waals surface area contributed by atoms with Crippen LogP contribution >= 0.6 is 0 Å². The highest BCUT2D eigenvalue weighted by molar-refractivity contribution is 7.92. The first-order valence-corrected chi connectivity index (χ1v) is 9.76. The van der Waals surface area contributed by atoms with Crippen molar-refractivity contribution in [2.75, 3.05) is 15.8 Å². The maximum absolute atomic E-state index is 12.5. The molecule has 1 amide bonds. The molecule has 0 unspecified atom stereocenters. The van der Waals surface area contributed by atoms with Crippen LogP contribution < -0.4 is 10.0 Å². The largest absolute Gasteiger partial charge is 0.321 e. The molecule has 0 aliphatic rings. The second-order valence-electron chi connectivity index (χ2n) is 5.90. The molecular formula is C17H19N5O3S. The third-order valence-corrected chi connectivity index (χ3v) is 5.22. The van der Waals surface area contributed by atoms with Crippen LogP contribution in [0.25, 0.3) is 11.0 Å². The number of amides is 1. The Kier molecular flexibility index (Phi) is 4.90. The highest BCUT2D eigenvalue weighted by Gasteiger charge is 2.12. The van der Waals surface area contributed by atoms with Crippen molar-refractivity contribution in [3.8, 4) is 0 Å². The van der Waals surface area contributed by atoms with Gasteiger partial charge in [-0.1, -0.05) is 13.0 Å². The molecule has 8 nitrogen and oxygen atoms in total. The van der Waals surface area contributed by atoms with Gasteiger partial charge in [-0.3, -0.25) is 14.6 Å². The average Bonchev–Trinajstić information content (AvgIpc) is 2.95. The fourth-order valence-electron chi connectivity index (χ4n) is 2.51. The van der Waals surface area contributed by atoms with E-state index < -0.39 is 10.0 Å². The van der Waals surface area contributed by atoms with Crippen LogP contribution in [0.5, 0.6) is 0 Å². The summed E-state index contributed by atoms with van der Waals surface area (Å²) >= 11 is 0. The molecule has 0 bridgehead atoms. The molecule has 0 spiro atoms. The molecule has 0 radical (unpaired) electrons. The summed E-state index contributed by atoms with van der Waals surface area (Å²) in [7, 11) is -3.41. The lowest BCUT2D eigenvalue weighted by Crippen LogP contribution is -2.17. The number of rotatable bonds is 6. The zero-order chi connectivity index (χ0) is 18.7. The summed E-state index contributed by atoms with van der Waals surface area (Å²) in [6, 6.07) is 8.12. The number of hydrogen-bond donors (Lipinski definition) is 3. The number of aromatic amines is 1. The van der Waals surface area contributed by atoms with Gasteiger partial charge in [0.15, 0.2) is 5.65 Å². The van der Waals surface area contributed by atoms with Gasteiger partial charge in [0.1, 0.15) is 0 Å². The van der Waals surface area contributed by atoms with E-state index in [1.807, 2.05) is 6.92 Å². The predicted octanol–water partition coefficient (Wildman–Crippen LogP) is 2.67. The number of hydrogen-bond acceptors (Lipinski definition) is 5. The van der Waals surface area contributed by atoms with E-state index in [0.717, 1.165) is 11.1 Å². The highest BCUT2D eigenvalue weighted by Crippen LogP contribution is 2.19. The molecule has 9 heteroatoms. The van der Waals surface area contributed by atoms with Crippen LogP contribution in [0.1, 0.15) is 29.4 Å². The van der Waals surface area contributed by atoms with Gasteiger partial charge < -0.3 is 5.32 Å². The van der Waals surface area contributed by atoms with Gasteiger partial charge in [-0.05, 0) is 37.6 Å². The Labute approximate surface area is 151 Å². The molecule has 0 aliphatic heterocycles. The van der Waals surface area contributed by atoms with Crippen molar-refractivity contribution >= 4 is 38.3 Å². The molecule has 0 fully saturated rings. The van der Waals surface area contributed by atoms with Gasteiger partial charge in [-0.2, -0.15) is 5.10 Å². The topological polar surface area (TPSA) is 117 Å². The van der Waals surface area contributed by atoms with Gasteiger partial charge in [0.2, 0.25) is 10.0 Å². The number of carbonyl (C=O) groups excluding carboxylic acids is 1. The molecule has 0 atom stereocenters. The summed E-state index contributed by atoms with van der Waals surface area (Å²) in [5, 5.41) is 10.5. The normalized spacial score (nSPS) is 11.5. The number of benzene rings is 1. The fourth-order valence-corrected chi connectivity index (χ4v) is 3.64. The zero-order valence-corrected chi connectivity index (χ0v) is 15.2. The highest BCUT2D eigenvalue weighted by atomic mass is 32.2. The van der Waals surface area contributed by atoms with Crippen LogP contribution in [-0.4, -0.2) is 35.3 Å². The number of anilines is 2. The molecule has 0 saturated carbocycles. The van der Waals surface area contributed by atoms with Gasteiger partial charge in [0, 0.05) is 22.3 Å². The number of aromatic nitrogens is 3. The SMILES string of the molecule is CCCS(=O)(=O)Nc1cccc(C(=O)Nc2cnc3n[nH]c(C)c3c2)c1. The minimum atomic E-state index is -3.41. The van der Waals surface area contributed by atoms with Gasteiger partial charge in [0.25, 0.3) is 5.91 Å². The lowest BCUT2D eigenvalue weighted by molar-refractivity contribution is 0.102. The molecule has 1 aromatic carbocycles. The van der Waals surface area contributed by atoms with Crippen molar-refractivity contribution in [1.82, 2.24) is 15.2 Å². The summed E-state index contributed by atoms with van der Waals surface area (Å²) < 4.78 is 26.2. The number of aryl methyl sites for hydroxylation is 1. The fraction of sp³-hybridized carbons (Fsp3) is 0.235. The quantitative estimate of drug-likeness (QED) is 0.614. The molecule has 3 aromatic rings. The van der Waals surface area contributed by atoms with Gasteiger partial charge in [-0.25, -0.2) is 13.4 Å². The Morgan fingerprint density at radius 3 is 2.81 bits per heavy atom. The molecule has 26 heavy (non-hydrogen) atoms. The monoisotopic (exact) mass is 373 g/mol. The molecule has 3 rings (SSSR count). The molecular weight excluding hydrogens is 354 g/mol. The van der Waals surface area contributed by atoms with E-state index in [1.165, 1.54) is 12.3 Å². The van der Waals surface area contributed by atoms with E-state index in [9.17, 15) is 13.2 Å². The minimum Gasteiger partial charge on any atom is -0.321 e. The second-order valence-corrected chi connectivity index (χ2v) is 7.74. The number of fused-ring (bicyclic) bond motifs is 1. The number of H-pyrrole nitrogens is 1. The number of carbonyl (C=O) groups is 1. The summed E-state index contributed by atoms with van der Waals surface area (Å²) in [4.78, 5) is 16.7. The van der Waals surface area contributed by atoms with E-state index in [0.29, 0.717) is 29.0 Å². The smallest absolute Gasteiger partial charge is 0.255 e. The van der Waals surface area contributed by atoms with Crippen molar-refractivity contribution in [3.05, 3.63) is 47.8 Å². The Morgan fingerprint density at radius 1 is 1.23 bits per heavy atom. The van der Waals surface area contributed by atoms with Crippen LogP contribution in [-0.2, 0) is 10.0 Å². The third-order valence-electron chi connectivity index (χ3n) is 3.73. The average molecular weight is 373 g/mol. The van der Waals surface area contributed by atoms with Crippen molar-refractivity contribution < 1.29 is 13.2 Å². The Hall–Kier alpha value is -2.94. The molecule has 136 valence electrons. The van der Waals surface area contributed by atoms with Gasteiger partial charge in [0.05, 0.1) is 17.6 Å². The number of pyridine rings is 1. The zero-order valence-electron chi connectivity index (χ0n) is 14.4. The van der Waals surface area contributed by atoms with Crippen LogP contribution in [0, 0.1) is 6.92 Å². The van der Waals surface area contributed by atoms with Crippen molar-refractivity contribution in [2.45, 2.75) is 20.3 Å². The summed E-state index contributed by atoms with van der Waals surface area (Å²) in [5.74, 6) is -0.331. The summed E-state index contributed by atoms with van der Waals surface area (Å²) in [5.41, 5.74) is 2.66. The third kappa shape index (κ3) is 3.99. The Bertz CT molecular complexity index is 1060. The minimum absolute atomic E-state index is 0.0269. The molecule has 3 N–H and O–H groups in total. The molecule has 2 aromatic heterocycles. The van der Waals surface area contributed by atoms with Crippen molar-refractivity contribution in [2.24, 2.45) is 0 Å². The first-order valence-electron chi connectivity index (χ1n) is 8.10. The van der Waals surface area contributed by atoms with E-state index in [4.69, 9.17) is 0 Å². The Balaban J connectivity index is 1.78. The van der Waals surface area contributed by atoms with E-state index in [-0.39, 0.29) is 11.7 Å². The van der Waals surface area contributed by atoms with Crippen molar-refractivity contribution in [3.63, 3.8) is 0 Å². The molecule has 2 heterocycles. The van der Waals surface area contributed by atoms with E-state index in [2.05, 4.69) is 25.2 Å². The second kappa shape index (κ2) is 7.12. The Morgan fingerprint density at radius 2 is 2.04 bits per heavy atom. The maximum Gasteiger partial charge on any atom is 0.255 e. The number of nitrogens with one attached hydrogen (secondary N) is 3. The lowest BCUT2D eigenvalue weighted by atomic mass is 10.2. The van der Waals surface area contributed by atoms with Gasteiger partial charge in [-0.15, -0.1) is 0 Å². The first-order chi connectivity index (χ1) is 12.4. The van der Waals surface area contributed by atoms with Crippen LogP contribution in [0.3, 0.4) is 0 Å². The van der Waals surface area contributed by atoms with E-state index >= 15 is 0 Å². The van der Waals surface area contributed by atoms with Crippen LogP contribution in [0.4, 0.5) is 11.4 Å². The van der Waals surface area contributed by atoms with Crippen LogP contribution in [0.2, 0.25) is 0 Å². The maximum atomic E-state index is 12.5.